The lowest BCUT2D eigenvalue weighted by atomic mass is 9.51. The Morgan fingerprint density at radius 1 is 1.19 bits per heavy atom. The Hall–Kier alpha value is -0.900. The summed E-state index contributed by atoms with van der Waals surface area (Å²) in [4.78, 5) is 12.4. The number of rotatable bonds is 0. The van der Waals surface area contributed by atoms with Gasteiger partial charge in [-0.25, -0.2) is 5.43 Å². The second-order valence-electron chi connectivity index (χ2n) is 8.01. The first-order valence-corrected chi connectivity index (χ1v) is 8.54. The number of aliphatic hydroxyl groups is 1. The van der Waals surface area contributed by atoms with Crippen molar-refractivity contribution in [3.05, 3.63) is 0 Å². The molecule has 116 valence electrons. The summed E-state index contributed by atoms with van der Waals surface area (Å²) in [7, 11) is 0. The molecule has 1 aliphatic heterocycles. The van der Waals surface area contributed by atoms with Crippen LogP contribution in [0.2, 0.25) is 0 Å². The van der Waals surface area contributed by atoms with Gasteiger partial charge in [-0.3, -0.25) is 4.79 Å². The van der Waals surface area contributed by atoms with Gasteiger partial charge in [-0.1, -0.05) is 6.92 Å². The fourth-order valence-electron chi connectivity index (χ4n) is 6.15. The molecule has 21 heavy (non-hydrogen) atoms. The standard InChI is InChI=1S/C17H26N2O2/c1-9-10-3-4-11-12(15(10)16(21)19-18-9)7-8-17(2)13(11)5-6-14(17)20/h10-15,20H,3-8H2,1-2H3,(H,19,21)/t10-,11-,12+,13-,14+,15+,17-/m1/s1. The van der Waals surface area contributed by atoms with Crippen molar-refractivity contribution in [2.75, 3.05) is 0 Å². The van der Waals surface area contributed by atoms with Crippen LogP contribution in [0.4, 0.5) is 0 Å². The van der Waals surface area contributed by atoms with Gasteiger partial charge in [-0.2, -0.15) is 5.10 Å². The lowest BCUT2D eigenvalue weighted by molar-refractivity contribution is -0.136. The predicted octanol–water partition coefficient (Wildman–Crippen LogP) is 2.32. The summed E-state index contributed by atoms with van der Waals surface area (Å²) < 4.78 is 0. The van der Waals surface area contributed by atoms with Gasteiger partial charge in [0.1, 0.15) is 0 Å². The Morgan fingerprint density at radius 2 is 2.00 bits per heavy atom. The fraction of sp³-hybridized carbons (Fsp3) is 0.882. The molecule has 1 amide bonds. The average molecular weight is 290 g/mol. The topological polar surface area (TPSA) is 61.7 Å². The molecule has 0 saturated heterocycles. The van der Waals surface area contributed by atoms with Gasteiger partial charge in [-0.15, -0.1) is 0 Å². The molecule has 4 heteroatoms. The summed E-state index contributed by atoms with van der Waals surface area (Å²) in [6.45, 7) is 4.34. The highest BCUT2D eigenvalue weighted by atomic mass is 16.3. The molecule has 4 rings (SSSR count). The molecule has 0 aromatic heterocycles. The molecule has 0 spiro atoms. The van der Waals surface area contributed by atoms with Gasteiger partial charge in [-0.05, 0) is 68.6 Å². The zero-order valence-electron chi connectivity index (χ0n) is 13.0. The molecule has 3 fully saturated rings. The molecule has 2 N–H and O–H groups in total. The summed E-state index contributed by atoms with van der Waals surface area (Å²) in [6.07, 6.45) is 6.43. The fourth-order valence-corrected chi connectivity index (χ4v) is 6.15. The molecule has 3 saturated carbocycles. The highest BCUT2D eigenvalue weighted by Gasteiger charge is 2.58. The number of aliphatic hydroxyl groups excluding tert-OH is 1. The van der Waals surface area contributed by atoms with Crippen molar-refractivity contribution in [3.8, 4) is 0 Å². The zero-order chi connectivity index (χ0) is 14.8. The van der Waals surface area contributed by atoms with Crippen molar-refractivity contribution >= 4 is 11.6 Å². The third-order valence-corrected chi connectivity index (χ3v) is 7.33. The molecule has 3 aliphatic carbocycles. The smallest absolute Gasteiger partial charge is 0.244 e. The number of amides is 1. The monoisotopic (exact) mass is 290 g/mol. The van der Waals surface area contributed by atoms with E-state index < -0.39 is 0 Å². The first kappa shape index (κ1) is 13.7. The highest BCUT2D eigenvalue weighted by Crippen LogP contribution is 2.61. The summed E-state index contributed by atoms with van der Waals surface area (Å²) in [5.41, 5.74) is 3.95. The van der Waals surface area contributed by atoms with Crippen molar-refractivity contribution in [2.24, 2.45) is 40.1 Å². The third kappa shape index (κ3) is 1.77. The van der Waals surface area contributed by atoms with Crippen LogP contribution in [0.15, 0.2) is 5.10 Å². The minimum absolute atomic E-state index is 0.0995. The van der Waals surface area contributed by atoms with Crippen LogP contribution in [0, 0.1) is 35.0 Å². The minimum atomic E-state index is -0.135. The van der Waals surface area contributed by atoms with Gasteiger partial charge in [0.25, 0.3) is 0 Å². The molecule has 0 aromatic carbocycles. The summed E-state index contributed by atoms with van der Waals surface area (Å²) in [5, 5.41) is 14.6. The van der Waals surface area contributed by atoms with Gasteiger partial charge in [0.05, 0.1) is 12.0 Å². The van der Waals surface area contributed by atoms with E-state index in [4.69, 9.17) is 0 Å². The summed E-state index contributed by atoms with van der Waals surface area (Å²) >= 11 is 0. The van der Waals surface area contributed by atoms with Gasteiger partial charge < -0.3 is 5.11 Å². The van der Waals surface area contributed by atoms with Crippen LogP contribution in [-0.2, 0) is 4.79 Å². The largest absolute Gasteiger partial charge is 0.393 e. The van der Waals surface area contributed by atoms with Crippen molar-refractivity contribution in [3.63, 3.8) is 0 Å². The third-order valence-electron chi connectivity index (χ3n) is 7.33. The van der Waals surface area contributed by atoms with E-state index >= 15 is 0 Å². The van der Waals surface area contributed by atoms with Gasteiger partial charge in [0.2, 0.25) is 5.91 Å². The van der Waals surface area contributed by atoms with E-state index in [1.165, 1.54) is 6.42 Å². The van der Waals surface area contributed by atoms with Crippen molar-refractivity contribution in [2.45, 2.75) is 58.5 Å². The van der Waals surface area contributed by atoms with E-state index in [2.05, 4.69) is 24.4 Å². The van der Waals surface area contributed by atoms with E-state index in [9.17, 15) is 9.90 Å². The van der Waals surface area contributed by atoms with Crippen LogP contribution in [-0.4, -0.2) is 22.8 Å². The van der Waals surface area contributed by atoms with Crippen LogP contribution in [0.25, 0.3) is 0 Å². The average Bonchev–Trinajstić information content (AvgIpc) is 2.78. The van der Waals surface area contributed by atoms with E-state index in [0.717, 1.165) is 37.8 Å². The lowest BCUT2D eigenvalue weighted by Crippen LogP contribution is -2.54. The number of hydrogen-bond acceptors (Lipinski definition) is 3. The zero-order valence-corrected chi connectivity index (χ0v) is 13.0. The van der Waals surface area contributed by atoms with Crippen LogP contribution in [0.3, 0.4) is 0 Å². The van der Waals surface area contributed by atoms with E-state index in [1.54, 1.807) is 0 Å². The maximum Gasteiger partial charge on any atom is 0.244 e. The van der Waals surface area contributed by atoms with E-state index in [-0.39, 0.29) is 23.3 Å². The molecule has 0 radical (unpaired) electrons. The highest BCUT2D eigenvalue weighted by molar-refractivity contribution is 5.94. The molecule has 0 bridgehead atoms. The number of nitrogens with zero attached hydrogens (tertiary/aromatic N) is 1. The molecule has 7 atom stereocenters. The second-order valence-corrected chi connectivity index (χ2v) is 8.01. The summed E-state index contributed by atoms with van der Waals surface area (Å²) in [5.74, 6) is 2.36. The van der Waals surface area contributed by atoms with Gasteiger partial charge >= 0.3 is 0 Å². The van der Waals surface area contributed by atoms with Gasteiger partial charge in [0, 0.05) is 11.6 Å². The van der Waals surface area contributed by atoms with Crippen molar-refractivity contribution in [1.82, 2.24) is 5.43 Å². The number of nitrogens with one attached hydrogen (secondary N) is 1. The molecule has 0 unspecified atom stereocenters. The molecular weight excluding hydrogens is 264 g/mol. The first-order chi connectivity index (χ1) is 10.0. The predicted molar refractivity (Wildman–Crippen MR) is 80.5 cm³/mol. The summed E-state index contributed by atoms with van der Waals surface area (Å²) in [6, 6.07) is 0. The van der Waals surface area contributed by atoms with Crippen molar-refractivity contribution < 1.29 is 9.90 Å². The van der Waals surface area contributed by atoms with E-state index in [0.29, 0.717) is 23.7 Å². The Bertz CT molecular complexity index is 503. The molecule has 1 heterocycles. The Morgan fingerprint density at radius 3 is 2.81 bits per heavy atom. The lowest BCUT2D eigenvalue weighted by Gasteiger charge is -2.54. The number of fused-ring (bicyclic) bond motifs is 5. The number of carbonyl (C=O) groups is 1. The maximum atomic E-state index is 12.4. The molecule has 0 aromatic rings. The maximum absolute atomic E-state index is 12.4. The second kappa shape index (κ2) is 4.55. The van der Waals surface area contributed by atoms with Crippen LogP contribution >= 0.6 is 0 Å². The quantitative estimate of drug-likeness (QED) is 0.719. The van der Waals surface area contributed by atoms with Gasteiger partial charge in [0.15, 0.2) is 0 Å². The number of hydrogen-bond donors (Lipinski definition) is 2. The van der Waals surface area contributed by atoms with E-state index in [1.807, 2.05) is 0 Å². The van der Waals surface area contributed by atoms with Crippen LogP contribution < -0.4 is 5.43 Å². The Kier molecular flexibility index (Phi) is 2.97. The molecular formula is C17H26N2O2. The van der Waals surface area contributed by atoms with Crippen LogP contribution in [0.1, 0.15) is 52.4 Å². The van der Waals surface area contributed by atoms with Crippen molar-refractivity contribution in [1.29, 1.82) is 0 Å². The number of hydrazone groups is 1. The Labute approximate surface area is 126 Å². The minimum Gasteiger partial charge on any atom is -0.393 e. The normalized spacial score (nSPS) is 52.3. The Balaban J connectivity index is 1.66. The molecule has 4 nitrogen and oxygen atoms in total. The SMILES string of the molecule is CC1=NNC(=O)[C@@H]2[C@H]3CC[C@]4(C)[C@H](CC[C@@H]4O)[C@@H]3CC[C@H]12. The molecule has 4 aliphatic rings. The number of carbonyl (C=O) groups excluding carboxylic acids is 1. The van der Waals surface area contributed by atoms with Crippen LogP contribution in [0.5, 0.6) is 0 Å². The first-order valence-electron chi connectivity index (χ1n) is 8.54.